The molecule has 0 saturated carbocycles. The van der Waals surface area contributed by atoms with Crippen LogP contribution in [0, 0.1) is 0 Å². The average Bonchev–Trinajstić information content (AvgIpc) is 2.96. The molecule has 1 aromatic carbocycles. The highest BCUT2D eigenvalue weighted by atomic mass is 35.5. The summed E-state index contributed by atoms with van der Waals surface area (Å²) in [6, 6.07) is 8.17. The lowest BCUT2D eigenvalue weighted by Crippen LogP contribution is -2.11. The van der Waals surface area contributed by atoms with E-state index < -0.39 is 0 Å². The van der Waals surface area contributed by atoms with E-state index in [0.717, 1.165) is 17.5 Å². The van der Waals surface area contributed by atoms with E-state index in [1.807, 2.05) is 18.2 Å². The minimum absolute atomic E-state index is 0.248. The first kappa shape index (κ1) is 12.5. The number of nitrogen functional groups attached to an aromatic ring is 1. The zero-order valence-corrected chi connectivity index (χ0v) is 12.1. The van der Waals surface area contributed by atoms with E-state index in [-0.39, 0.29) is 6.04 Å². The summed E-state index contributed by atoms with van der Waals surface area (Å²) >= 11 is 7.87. The van der Waals surface area contributed by atoms with Crippen molar-refractivity contribution in [2.75, 3.05) is 5.73 Å². The lowest BCUT2D eigenvalue weighted by Gasteiger charge is -2.15. The Morgan fingerprint density at radius 2 is 2.26 bits per heavy atom. The number of fused-ring (bicyclic) bond motifs is 1. The summed E-state index contributed by atoms with van der Waals surface area (Å²) in [5.74, 6) is 0.519. The molecule has 3 aromatic rings. The minimum atomic E-state index is 0.248. The van der Waals surface area contributed by atoms with Crippen LogP contribution in [0.2, 0.25) is 5.02 Å². The largest absolute Gasteiger partial charge is 0.369 e. The molecule has 3 rings (SSSR count). The molecule has 2 N–H and O–H groups in total. The number of hydrogen-bond acceptors (Lipinski definition) is 3. The molecule has 0 radical (unpaired) electrons. The number of nitrogens with two attached hydrogens (primary N) is 1. The molecular weight excluding hydrogens is 278 g/mol. The van der Waals surface area contributed by atoms with Gasteiger partial charge >= 0.3 is 0 Å². The standard InChI is InChI=1S/C14H14ClN3S/c1-9(7-10-5-6-19-8-10)18-12-4-2-3-11(15)13(12)17-14(18)16/h2-6,8-9H,7H2,1H3,(H2,16,17). The van der Waals surface area contributed by atoms with Gasteiger partial charge in [0.25, 0.3) is 0 Å². The fraction of sp³-hybridized carbons (Fsp3) is 0.214. The van der Waals surface area contributed by atoms with Crippen LogP contribution in [-0.2, 0) is 6.42 Å². The second kappa shape index (κ2) is 4.87. The molecule has 19 heavy (non-hydrogen) atoms. The van der Waals surface area contributed by atoms with Gasteiger partial charge in [0.15, 0.2) is 0 Å². The second-order valence-corrected chi connectivity index (χ2v) is 5.82. The van der Waals surface area contributed by atoms with Crippen LogP contribution in [0.25, 0.3) is 11.0 Å². The number of aromatic nitrogens is 2. The molecule has 5 heteroatoms. The van der Waals surface area contributed by atoms with E-state index in [1.165, 1.54) is 5.56 Å². The molecule has 2 aromatic heterocycles. The van der Waals surface area contributed by atoms with Crippen LogP contribution in [0.15, 0.2) is 35.0 Å². The summed E-state index contributed by atoms with van der Waals surface area (Å²) in [4.78, 5) is 4.37. The summed E-state index contributed by atoms with van der Waals surface area (Å²) in [6.45, 7) is 2.15. The quantitative estimate of drug-likeness (QED) is 0.788. The van der Waals surface area contributed by atoms with Crippen molar-refractivity contribution in [1.82, 2.24) is 9.55 Å². The van der Waals surface area contributed by atoms with Crippen LogP contribution in [0.1, 0.15) is 18.5 Å². The van der Waals surface area contributed by atoms with Crippen molar-refractivity contribution in [2.45, 2.75) is 19.4 Å². The summed E-state index contributed by atoms with van der Waals surface area (Å²) in [6.07, 6.45) is 0.936. The van der Waals surface area contributed by atoms with Gasteiger partial charge in [0.2, 0.25) is 5.95 Å². The zero-order chi connectivity index (χ0) is 13.4. The Morgan fingerprint density at radius 1 is 1.42 bits per heavy atom. The Kier molecular flexibility index (Phi) is 3.21. The molecule has 0 amide bonds. The van der Waals surface area contributed by atoms with Crippen LogP contribution in [-0.4, -0.2) is 9.55 Å². The average molecular weight is 292 g/mol. The smallest absolute Gasteiger partial charge is 0.201 e. The van der Waals surface area contributed by atoms with E-state index in [0.29, 0.717) is 11.0 Å². The van der Waals surface area contributed by atoms with Crippen molar-refractivity contribution in [3.8, 4) is 0 Å². The molecule has 0 fully saturated rings. The Hall–Kier alpha value is -1.52. The number of benzene rings is 1. The molecule has 1 atom stereocenters. The molecule has 0 spiro atoms. The van der Waals surface area contributed by atoms with Crippen molar-refractivity contribution in [3.63, 3.8) is 0 Å². The maximum atomic E-state index is 6.16. The molecule has 0 aliphatic carbocycles. The van der Waals surface area contributed by atoms with Crippen molar-refractivity contribution in [1.29, 1.82) is 0 Å². The van der Waals surface area contributed by atoms with Crippen molar-refractivity contribution < 1.29 is 0 Å². The van der Waals surface area contributed by atoms with Gasteiger partial charge < -0.3 is 10.3 Å². The van der Waals surface area contributed by atoms with Gasteiger partial charge in [0.1, 0.15) is 5.52 Å². The molecule has 3 nitrogen and oxygen atoms in total. The number of hydrogen-bond donors (Lipinski definition) is 1. The number of nitrogens with zero attached hydrogens (tertiary/aromatic N) is 2. The highest BCUT2D eigenvalue weighted by molar-refractivity contribution is 7.07. The van der Waals surface area contributed by atoms with E-state index >= 15 is 0 Å². The van der Waals surface area contributed by atoms with E-state index in [2.05, 4.69) is 33.3 Å². The van der Waals surface area contributed by atoms with Gasteiger partial charge in [0, 0.05) is 6.04 Å². The number of thiophene rings is 1. The number of para-hydroxylation sites is 1. The molecule has 2 heterocycles. The first-order chi connectivity index (χ1) is 9.16. The third-order valence-electron chi connectivity index (χ3n) is 3.25. The molecule has 0 saturated heterocycles. The molecular formula is C14H14ClN3S. The lowest BCUT2D eigenvalue weighted by atomic mass is 10.1. The van der Waals surface area contributed by atoms with Crippen LogP contribution in [0.4, 0.5) is 5.95 Å². The fourth-order valence-electron chi connectivity index (χ4n) is 2.41. The molecule has 98 valence electrons. The van der Waals surface area contributed by atoms with Gasteiger partial charge in [-0.1, -0.05) is 17.7 Å². The lowest BCUT2D eigenvalue weighted by molar-refractivity contribution is 0.567. The van der Waals surface area contributed by atoms with Gasteiger partial charge in [0.05, 0.1) is 10.5 Å². The Labute approximate surface area is 120 Å². The highest BCUT2D eigenvalue weighted by Gasteiger charge is 2.16. The van der Waals surface area contributed by atoms with Crippen LogP contribution in [0.3, 0.4) is 0 Å². The molecule has 0 aliphatic rings. The normalized spacial score (nSPS) is 12.9. The number of imidazole rings is 1. The predicted octanol–water partition coefficient (Wildman–Crippen LogP) is 4.14. The van der Waals surface area contributed by atoms with Gasteiger partial charge in [-0.3, -0.25) is 0 Å². The maximum Gasteiger partial charge on any atom is 0.201 e. The minimum Gasteiger partial charge on any atom is -0.369 e. The predicted molar refractivity (Wildman–Crippen MR) is 81.9 cm³/mol. The Morgan fingerprint density at radius 3 is 3.00 bits per heavy atom. The summed E-state index contributed by atoms with van der Waals surface area (Å²) in [7, 11) is 0. The van der Waals surface area contributed by atoms with Crippen molar-refractivity contribution in [2.24, 2.45) is 0 Å². The summed E-state index contributed by atoms with van der Waals surface area (Å²) < 4.78 is 2.05. The zero-order valence-electron chi connectivity index (χ0n) is 10.5. The van der Waals surface area contributed by atoms with Crippen molar-refractivity contribution in [3.05, 3.63) is 45.6 Å². The SMILES string of the molecule is CC(Cc1ccsc1)n1c(N)nc2c(Cl)cccc21. The Balaban J connectivity index is 2.04. The maximum absolute atomic E-state index is 6.16. The third kappa shape index (κ3) is 2.22. The Bertz CT molecular complexity index is 703. The summed E-state index contributed by atoms with van der Waals surface area (Å²) in [5.41, 5.74) is 9.14. The number of halogens is 1. The first-order valence-electron chi connectivity index (χ1n) is 6.10. The second-order valence-electron chi connectivity index (χ2n) is 4.63. The monoisotopic (exact) mass is 291 g/mol. The van der Waals surface area contributed by atoms with Gasteiger partial charge in [-0.05, 0) is 47.9 Å². The van der Waals surface area contributed by atoms with E-state index in [4.69, 9.17) is 17.3 Å². The molecule has 1 unspecified atom stereocenters. The van der Waals surface area contributed by atoms with Gasteiger partial charge in [-0.15, -0.1) is 0 Å². The van der Waals surface area contributed by atoms with Gasteiger partial charge in [-0.2, -0.15) is 11.3 Å². The topological polar surface area (TPSA) is 43.8 Å². The number of rotatable bonds is 3. The first-order valence-corrected chi connectivity index (χ1v) is 7.42. The molecule has 0 aliphatic heterocycles. The van der Waals surface area contributed by atoms with Crippen LogP contribution >= 0.6 is 22.9 Å². The molecule has 0 bridgehead atoms. The van der Waals surface area contributed by atoms with Crippen LogP contribution < -0.4 is 5.73 Å². The highest BCUT2D eigenvalue weighted by Crippen LogP contribution is 2.29. The fourth-order valence-corrected chi connectivity index (χ4v) is 3.30. The third-order valence-corrected chi connectivity index (χ3v) is 4.29. The van der Waals surface area contributed by atoms with Crippen LogP contribution in [0.5, 0.6) is 0 Å². The van der Waals surface area contributed by atoms with E-state index in [9.17, 15) is 0 Å². The van der Waals surface area contributed by atoms with Crippen molar-refractivity contribution >= 4 is 39.9 Å². The number of anilines is 1. The summed E-state index contributed by atoms with van der Waals surface area (Å²) in [5, 5.41) is 4.90. The van der Waals surface area contributed by atoms with E-state index in [1.54, 1.807) is 11.3 Å². The van der Waals surface area contributed by atoms with Gasteiger partial charge in [-0.25, -0.2) is 4.98 Å².